The fourth-order valence-corrected chi connectivity index (χ4v) is 3.31. The van der Waals surface area contributed by atoms with E-state index in [0.29, 0.717) is 24.3 Å². The predicted molar refractivity (Wildman–Crippen MR) is 95.6 cm³/mol. The molecule has 1 fully saturated rings. The van der Waals surface area contributed by atoms with Crippen LogP contribution in [0, 0.1) is 18.2 Å². The summed E-state index contributed by atoms with van der Waals surface area (Å²) >= 11 is 0. The Labute approximate surface area is 144 Å². The Kier molecular flexibility index (Phi) is 4.91. The lowest BCUT2D eigenvalue weighted by Gasteiger charge is -2.20. The first-order valence-electron chi connectivity index (χ1n) is 8.60. The SMILES string of the molecule is Cc1cccc(COc2ccc(CN3CCC(C)(C)C3)c(F)c2)c1. The van der Waals surface area contributed by atoms with E-state index in [9.17, 15) is 4.39 Å². The minimum absolute atomic E-state index is 0.179. The van der Waals surface area contributed by atoms with Crippen LogP contribution in [0.1, 0.15) is 37.0 Å². The van der Waals surface area contributed by atoms with E-state index in [-0.39, 0.29) is 5.82 Å². The molecule has 2 nitrogen and oxygen atoms in total. The van der Waals surface area contributed by atoms with Gasteiger partial charge in [-0.3, -0.25) is 4.90 Å². The molecular formula is C21H26FNO. The number of aryl methyl sites for hydroxylation is 1. The second kappa shape index (κ2) is 6.94. The standard InChI is InChI=1S/C21H26FNO/c1-16-5-4-6-17(11-16)14-24-19-8-7-18(20(22)12-19)13-23-10-9-21(2,3)15-23/h4-8,11-12H,9-10,13-15H2,1-3H3. The lowest BCUT2D eigenvalue weighted by molar-refractivity contribution is 0.279. The Morgan fingerprint density at radius 3 is 2.67 bits per heavy atom. The fraction of sp³-hybridized carbons (Fsp3) is 0.429. The van der Waals surface area contributed by atoms with Crippen molar-refractivity contribution in [3.05, 3.63) is 65.0 Å². The third kappa shape index (κ3) is 4.35. The van der Waals surface area contributed by atoms with Crippen molar-refractivity contribution >= 4 is 0 Å². The molecule has 24 heavy (non-hydrogen) atoms. The summed E-state index contributed by atoms with van der Waals surface area (Å²) in [6.45, 7) is 9.79. The molecule has 0 unspecified atom stereocenters. The van der Waals surface area contributed by atoms with Gasteiger partial charge >= 0.3 is 0 Å². The Morgan fingerprint density at radius 1 is 1.17 bits per heavy atom. The van der Waals surface area contributed by atoms with Gasteiger partial charge in [-0.2, -0.15) is 0 Å². The van der Waals surface area contributed by atoms with E-state index in [2.05, 4.69) is 37.8 Å². The number of halogens is 1. The number of likely N-dealkylation sites (tertiary alicyclic amines) is 1. The van der Waals surface area contributed by atoms with Crippen molar-refractivity contribution in [2.45, 2.75) is 40.3 Å². The summed E-state index contributed by atoms with van der Waals surface area (Å²) in [6, 6.07) is 13.4. The molecule has 2 aromatic rings. The minimum Gasteiger partial charge on any atom is -0.489 e. The molecule has 1 aliphatic heterocycles. The molecule has 0 bridgehead atoms. The predicted octanol–water partition coefficient (Wildman–Crippen LogP) is 4.95. The zero-order chi connectivity index (χ0) is 17.2. The average Bonchev–Trinajstić information content (AvgIpc) is 2.87. The summed E-state index contributed by atoms with van der Waals surface area (Å²) in [7, 11) is 0. The van der Waals surface area contributed by atoms with Crippen molar-refractivity contribution in [2.75, 3.05) is 13.1 Å². The highest BCUT2D eigenvalue weighted by molar-refractivity contribution is 5.30. The first-order valence-corrected chi connectivity index (χ1v) is 8.60. The summed E-state index contributed by atoms with van der Waals surface area (Å²) in [5, 5.41) is 0. The van der Waals surface area contributed by atoms with Gasteiger partial charge in [0, 0.05) is 24.7 Å². The number of rotatable bonds is 5. The van der Waals surface area contributed by atoms with Crippen LogP contribution in [-0.4, -0.2) is 18.0 Å². The summed E-state index contributed by atoms with van der Waals surface area (Å²) in [5.74, 6) is 0.404. The number of hydrogen-bond acceptors (Lipinski definition) is 2. The molecular weight excluding hydrogens is 301 g/mol. The van der Waals surface area contributed by atoms with Crippen molar-refractivity contribution in [3.63, 3.8) is 0 Å². The molecule has 0 spiro atoms. The highest BCUT2D eigenvalue weighted by Gasteiger charge is 2.29. The first-order chi connectivity index (χ1) is 11.4. The maximum absolute atomic E-state index is 14.4. The van der Waals surface area contributed by atoms with Gasteiger partial charge in [0.15, 0.2) is 0 Å². The maximum Gasteiger partial charge on any atom is 0.131 e. The van der Waals surface area contributed by atoms with Gasteiger partial charge in [-0.25, -0.2) is 4.39 Å². The third-order valence-corrected chi connectivity index (χ3v) is 4.66. The Balaban J connectivity index is 1.60. The molecule has 0 saturated carbocycles. The van der Waals surface area contributed by atoms with Crippen LogP contribution in [0.15, 0.2) is 42.5 Å². The summed E-state index contributed by atoms with van der Waals surface area (Å²) in [6.07, 6.45) is 1.17. The van der Waals surface area contributed by atoms with E-state index >= 15 is 0 Å². The molecule has 1 aliphatic rings. The topological polar surface area (TPSA) is 12.5 Å². The van der Waals surface area contributed by atoms with Crippen LogP contribution >= 0.6 is 0 Å². The van der Waals surface area contributed by atoms with Gasteiger partial charge in [-0.05, 0) is 36.9 Å². The van der Waals surface area contributed by atoms with E-state index in [1.54, 1.807) is 0 Å². The zero-order valence-electron chi connectivity index (χ0n) is 14.8. The van der Waals surface area contributed by atoms with Crippen molar-refractivity contribution < 1.29 is 9.13 Å². The van der Waals surface area contributed by atoms with Crippen LogP contribution < -0.4 is 4.74 Å². The van der Waals surface area contributed by atoms with Crippen LogP contribution in [0.25, 0.3) is 0 Å². The molecule has 1 heterocycles. The molecule has 0 N–H and O–H groups in total. The van der Waals surface area contributed by atoms with E-state index in [1.165, 1.54) is 18.1 Å². The second-order valence-electron chi connectivity index (χ2n) is 7.66. The van der Waals surface area contributed by atoms with Crippen LogP contribution in [0.4, 0.5) is 4.39 Å². The van der Waals surface area contributed by atoms with Gasteiger partial charge in [-0.15, -0.1) is 0 Å². The average molecular weight is 327 g/mol. The van der Waals surface area contributed by atoms with Gasteiger partial charge in [0.2, 0.25) is 0 Å². The van der Waals surface area contributed by atoms with E-state index in [0.717, 1.165) is 24.2 Å². The van der Waals surface area contributed by atoms with E-state index in [1.807, 2.05) is 24.3 Å². The Morgan fingerprint density at radius 2 is 2.00 bits per heavy atom. The summed E-state index contributed by atoms with van der Waals surface area (Å²) < 4.78 is 20.1. The van der Waals surface area contributed by atoms with Gasteiger partial charge in [0.05, 0.1) is 0 Å². The van der Waals surface area contributed by atoms with Crippen molar-refractivity contribution in [2.24, 2.45) is 5.41 Å². The molecule has 3 heteroatoms. The largest absolute Gasteiger partial charge is 0.489 e. The number of benzene rings is 2. The Hall–Kier alpha value is -1.87. The maximum atomic E-state index is 14.4. The molecule has 0 amide bonds. The fourth-order valence-electron chi connectivity index (χ4n) is 3.31. The summed E-state index contributed by atoms with van der Waals surface area (Å²) in [4.78, 5) is 2.33. The van der Waals surface area contributed by atoms with Gasteiger partial charge in [0.1, 0.15) is 18.2 Å². The second-order valence-corrected chi connectivity index (χ2v) is 7.66. The number of hydrogen-bond donors (Lipinski definition) is 0. The molecule has 128 valence electrons. The smallest absolute Gasteiger partial charge is 0.131 e. The normalized spacial score (nSPS) is 17.2. The minimum atomic E-state index is -0.179. The van der Waals surface area contributed by atoms with Crippen LogP contribution in [0.5, 0.6) is 5.75 Å². The molecule has 0 atom stereocenters. The Bertz CT molecular complexity index is 711. The van der Waals surface area contributed by atoms with Gasteiger partial charge in [0.25, 0.3) is 0 Å². The molecule has 0 radical (unpaired) electrons. The number of ether oxygens (including phenoxy) is 1. The van der Waals surface area contributed by atoms with E-state index < -0.39 is 0 Å². The van der Waals surface area contributed by atoms with Crippen LogP contribution in [0.2, 0.25) is 0 Å². The van der Waals surface area contributed by atoms with E-state index in [4.69, 9.17) is 4.74 Å². The quantitative estimate of drug-likeness (QED) is 0.771. The van der Waals surface area contributed by atoms with Gasteiger partial charge in [-0.1, -0.05) is 49.7 Å². The molecule has 2 aromatic carbocycles. The number of nitrogens with zero attached hydrogens (tertiary/aromatic N) is 1. The zero-order valence-corrected chi connectivity index (χ0v) is 14.8. The molecule has 1 saturated heterocycles. The van der Waals surface area contributed by atoms with Gasteiger partial charge < -0.3 is 4.74 Å². The lowest BCUT2D eigenvalue weighted by atomic mass is 9.93. The van der Waals surface area contributed by atoms with Crippen molar-refractivity contribution in [1.29, 1.82) is 0 Å². The summed E-state index contributed by atoms with van der Waals surface area (Å²) in [5.41, 5.74) is 3.38. The monoisotopic (exact) mass is 327 g/mol. The lowest BCUT2D eigenvalue weighted by Crippen LogP contribution is -2.23. The van der Waals surface area contributed by atoms with Crippen molar-refractivity contribution in [1.82, 2.24) is 4.90 Å². The van der Waals surface area contributed by atoms with Crippen LogP contribution in [0.3, 0.4) is 0 Å². The van der Waals surface area contributed by atoms with Crippen molar-refractivity contribution in [3.8, 4) is 5.75 Å². The first kappa shape index (κ1) is 17.0. The molecule has 0 aromatic heterocycles. The highest BCUT2D eigenvalue weighted by Crippen LogP contribution is 2.30. The third-order valence-electron chi connectivity index (χ3n) is 4.66. The van der Waals surface area contributed by atoms with Crippen LogP contribution in [-0.2, 0) is 13.2 Å². The molecule has 0 aliphatic carbocycles. The molecule has 3 rings (SSSR count). The highest BCUT2D eigenvalue weighted by atomic mass is 19.1.